The highest BCUT2D eigenvalue weighted by Gasteiger charge is 2.39. The molecule has 1 unspecified atom stereocenters. The molecule has 0 aliphatic heterocycles. The molecule has 1 aromatic carbocycles. The van der Waals surface area contributed by atoms with E-state index in [-0.39, 0.29) is 5.54 Å². The zero-order valence-electron chi connectivity index (χ0n) is 12.9. The lowest BCUT2D eigenvalue weighted by Crippen LogP contribution is -2.54. The maximum Gasteiger partial charge on any atom is 0.0593 e. The van der Waals surface area contributed by atoms with Gasteiger partial charge in [0.15, 0.2) is 0 Å². The summed E-state index contributed by atoms with van der Waals surface area (Å²) < 4.78 is 5.55. The van der Waals surface area contributed by atoms with Gasteiger partial charge in [-0.3, -0.25) is 4.90 Å². The molecule has 0 amide bonds. The van der Waals surface area contributed by atoms with Gasteiger partial charge in [-0.05, 0) is 43.9 Å². The normalized spacial score (nSPS) is 22.0. The first kappa shape index (κ1) is 15.5. The Labute approximate surface area is 123 Å². The van der Waals surface area contributed by atoms with Crippen LogP contribution in [0.15, 0.2) is 24.3 Å². The van der Waals surface area contributed by atoms with E-state index in [2.05, 4.69) is 36.1 Å². The van der Waals surface area contributed by atoms with Crippen LogP contribution in [0.25, 0.3) is 0 Å². The molecule has 1 aromatic rings. The summed E-state index contributed by atoms with van der Waals surface area (Å²) in [4.78, 5) is 2.51. The minimum absolute atomic E-state index is 0.000689. The molecule has 0 spiro atoms. The summed E-state index contributed by atoms with van der Waals surface area (Å²) in [5.41, 5.74) is 9.16. The van der Waals surface area contributed by atoms with E-state index >= 15 is 0 Å². The second kappa shape index (κ2) is 7.21. The average molecular weight is 276 g/mol. The molecule has 1 atom stereocenters. The van der Waals surface area contributed by atoms with Gasteiger partial charge in [-0.15, -0.1) is 0 Å². The van der Waals surface area contributed by atoms with Crippen molar-refractivity contribution in [1.82, 2.24) is 4.90 Å². The molecule has 2 rings (SSSR count). The van der Waals surface area contributed by atoms with E-state index in [0.717, 1.165) is 32.7 Å². The van der Waals surface area contributed by atoms with Gasteiger partial charge >= 0.3 is 0 Å². The first-order valence-electron chi connectivity index (χ1n) is 7.89. The number of ether oxygens (including phenoxy) is 1. The second-order valence-electron chi connectivity index (χ2n) is 5.52. The molecular formula is C17H28N2O. The predicted molar refractivity (Wildman–Crippen MR) is 83.9 cm³/mol. The van der Waals surface area contributed by atoms with E-state index in [1.807, 2.05) is 6.92 Å². The Morgan fingerprint density at radius 1 is 1.30 bits per heavy atom. The third-order valence-corrected chi connectivity index (χ3v) is 4.59. The van der Waals surface area contributed by atoms with E-state index in [9.17, 15) is 0 Å². The Balaban J connectivity index is 2.28. The topological polar surface area (TPSA) is 38.5 Å². The van der Waals surface area contributed by atoms with Crippen molar-refractivity contribution in [3.8, 4) is 0 Å². The quantitative estimate of drug-likeness (QED) is 0.778. The number of nitrogens with zero attached hydrogens (tertiary/aromatic N) is 1. The van der Waals surface area contributed by atoms with Gasteiger partial charge in [-0.1, -0.05) is 31.2 Å². The van der Waals surface area contributed by atoms with E-state index in [1.54, 1.807) is 0 Å². The van der Waals surface area contributed by atoms with Crippen LogP contribution in [0.3, 0.4) is 0 Å². The van der Waals surface area contributed by atoms with Crippen molar-refractivity contribution in [3.63, 3.8) is 0 Å². The molecule has 0 saturated heterocycles. The van der Waals surface area contributed by atoms with Crippen molar-refractivity contribution < 1.29 is 4.74 Å². The van der Waals surface area contributed by atoms with Gasteiger partial charge < -0.3 is 10.5 Å². The molecular weight excluding hydrogens is 248 g/mol. The summed E-state index contributed by atoms with van der Waals surface area (Å²) in [6.07, 6.45) is 3.56. The molecule has 1 aliphatic rings. The zero-order valence-corrected chi connectivity index (χ0v) is 12.9. The second-order valence-corrected chi connectivity index (χ2v) is 5.52. The number of aryl methyl sites for hydroxylation is 1. The number of likely N-dealkylation sites (N-methyl/N-ethyl adjacent to an activating group) is 1. The molecule has 1 aliphatic carbocycles. The maximum absolute atomic E-state index is 6.25. The molecule has 0 radical (unpaired) electrons. The van der Waals surface area contributed by atoms with Crippen molar-refractivity contribution >= 4 is 0 Å². The summed E-state index contributed by atoms with van der Waals surface area (Å²) in [7, 11) is 0. The summed E-state index contributed by atoms with van der Waals surface area (Å²) in [5, 5.41) is 0. The Morgan fingerprint density at radius 2 is 2.10 bits per heavy atom. The van der Waals surface area contributed by atoms with Crippen LogP contribution in [0.4, 0.5) is 0 Å². The van der Waals surface area contributed by atoms with Crippen molar-refractivity contribution in [1.29, 1.82) is 0 Å². The monoisotopic (exact) mass is 276 g/mol. The van der Waals surface area contributed by atoms with Crippen LogP contribution < -0.4 is 5.73 Å². The number of rotatable bonds is 7. The third-order valence-electron chi connectivity index (χ3n) is 4.59. The molecule has 0 saturated carbocycles. The van der Waals surface area contributed by atoms with Gasteiger partial charge in [0.1, 0.15) is 0 Å². The average Bonchev–Trinajstić information content (AvgIpc) is 2.51. The lowest BCUT2D eigenvalue weighted by molar-refractivity contribution is 0.0394. The minimum atomic E-state index is 0.000689. The Bertz CT molecular complexity index is 421. The van der Waals surface area contributed by atoms with Crippen LogP contribution in [0.1, 0.15) is 37.8 Å². The van der Waals surface area contributed by atoms with Gasteiger partial charge in [-0.2, -0.15) is 0 Å². The zero-order chi connectivity index (χ0) is 14.4. The van der Waals surface area contributed by atoms with Gasteiger partial charge in [0.25, 0.3) is 0 Å². The summed E-state index contributed by atoms with van der Waals surface area (Å²) >= 11 is 0. The smallest absolute Gasteiger partial charge is 0.0593 e. The van der Waals surface area contributed by atoms with Crippen LogP contribution in [-0.4, -0.2) is 37.7 Å². The Kier molecular flexibility index (Phi) is 5.58. The number of fused-ring (bicyclic) bond motifs is 1. The highest BCUT2D eigenvalue weighted by molar-refractivity contribution is 5.36. The molecule has 3 heteroatoms. The fraction of sp³-hybridized carbons (Fsp3) is 0.647. The molecule has 0 bridgehead atoms. The van der Waals surface area contributed by atoms with Crippen molar-refractivity contribution in [2.24, 2.45) is 5.73 Å². The minimum Gasteiger partial charge on any atom is -0.380 e. The third kappa shape index (κ3) is 2.90. The maximum atomic E-state index is 6.25. The lowest BCUT2D eigenvalue weighted by atomic mass is 9.75. The molecule has 2 N–H and O–H groups in total. The summed E-state index contributed by atoms with van der Waals surface area (Å²) in [6, 6.07) is 8.81. The molecule has 0 fully saturated rings. The molecule has 20 heavy (non-hydrogen) atoms. The largest absolute Gasteiger partial charge is 0.380 e. The van der Waals surface area contributed by atoms with E-state index < -0.39 is 0 Å². The molecule has 0 aromatic heterocycles. The van der Waals surface area contributed by atoms with Crippen LogP contribution in [-0.2, 0) is 16.7 Å². The number of hydrogen-bond acceptors (Lipinski definition) is 3. The van der Waals surface area contributed by atoms with Crippen molar-refractivity contribution in [2.75, 3.05) is 32.8 Å². The Hall–Kier alpha value is -0.900. The van der Waals surface area contributed by atoms with Gasteiger partial charge in [-0.25, -0.2) is 0 Å². The SMILES string of the molecule is CCOCCN(CC)C1(CN)CCCc2ccccc21. The van der Waals surface area contributed by atoms with Gasteiger partial charge in [0.05, 0.1) is 12.1 Å². The highest BCUT2D eigenvalue weighted by atomic mass is 16.5. The van der Waals surface area contributed by atoms with Crippen LogP contribution >= 0.6 is 0 Å². The number of nitrogens with two attached hydrogens (primary N) is 1. The number of hydrogen-bond donors (Lipinski definition) is 1. The van der Waals surface area contributed by atoms with Crippen molar-refractivity contribution in [3.05, 3.63) is 35.4 Å². The van der Waals surface area contributed by atoms with Crippen LogP contribution in [0, 0.1) is 0 Å². The summed E-state index contributed by atoms with van der Waals surface area (Å²) in [5.74, 6) is 0. The number of benzene rings is 1. The van der Waals surface area contributed by atoms with Gasteiger partial charge in [0, 0.05) is 19.7 Å². The van der Waals surface area contributed by atoms with Crippen LogP contribution in [0.2, 0.25) is 0 Å². The first-order chi connectivity index (χ1) is 9.78. The van der Waals surface area contributed by atoms with Crippen molar-refractivity contribution in [2.45, 2.75) is 38.6 Å². The lowest BCUT2D eigenvalue weighted by Gasteiger charge is -2.47. The predicted octanol–water partition coefficient (Wildman–Crippen LogP) is 2.54. The molecule has 3 nitrogen and oxygen atoms in total. The standard InChI is InChI=1S/C17H28N2O/c1-3-19(12-13-20-4-2)17(14-18)11-7-9-15-8-5-6-10-16(15)17/h5-6,8,10H,3-4,7,9,11-14,18H2,1-2H3. The van der Waals surface area contributed by atoms with E-state index in [4.69, 9.17) is 10.5 Å². The van der Waals surface area contributed by atoms with E-state index in [1.165, 1.54) is 24.0 Å². The van der Waals surface area contributed by atoms with E-state index in [0.29, 0.717) is 6.54 Å². The van der Waals surface area contributed by atoms with Gasteiger partial charge in [0.2, 0.25) is 0 Å². The Morgan fingerprint density at radius 3 is 2.80 bits per heavy atom. The van der Waals surface area contributed by atoms with Crippen LogP contribution in [0.5, 0.6) is 0 Å². The summed E-state index contributed by atoms with van der Waals surface area (Å²) in [6.45, 7) is 8.49. The fourth-order valence-corrected chi connectivity index (χ4v) is 3.56. The highest BCUT2D eigenvalue weighted by Crippen LogP contribution is 2.39. The fourth-order valence-electron chi connectivity index (χ4n) is 3.56. The molecule has 0 heterocycles. The first-order valence-corrected chi connectivity index (χ1v) is 7.89. The molecule has 112 valence electrons.